The molecular formula is C47H89N3O6. The van der Waals surface area contributed by atoms with Crippen molar-refractivity contribution in [2.45, 2.75) is 174 Å². The first-order valence-electron chi connectivity index (χ1n) is 23.0. The highest BCUT2D eigenvalue weighted by molar-refractivity contribution is 5.77. The maximum atomic E-state index is 12.1. The lowest BCUT2D eigenvalue weighted by Gasteiger charge is -2.12. The molecule has 0 radical (unpaired) electrons. The van der Waals surface area contributed by atoms with Gasteiger partial charge < -0.3 is 34.9 Å². The van der Waals surface area contributed by atoms with Gasteiger partial charge in [-0.1, -0.05) is 148 Å². The van der Waals surface area contributed by atoms with Gasteiger partial charge in [0.2, 0.25) is 11.8 Å². The molecule has 0 aromatic rings. The van der Waals surface area contributed by atoms with Gasteiger partial charge in [-0.25, -0.2) is 0 Å². The van der Waals surface area contributed by atoms with Crippen molar-refractivity contribution in [3.8, 4) is 0 Å². The predicted octanol–water partition coefficient (Wildman–Crippen LogP) is 10.5. The third-order valence-corrected chi connectivity index (χ3v) is 10.1. The van der Waals surface area contributed by atoms with Crippen LogP contribution in [0.25, 0.3) is 0 Å². The van der Waals surface area contributed by atoms with Crippen molar-refractivity contribution in [3.63, 3.8) is 0 Å². The number of allylic oxidation sites excluding steroid dienone is 2. The van der Waals surface area contributed by atoms with Gasteiger partial charge in [-0.2, -0.15) is 0 Å². The van der Waals surface area contributed by atoms with E-state index in [2.05, 4.69) is 42.6 Å². The van der Waals surface area contributed by atoms with Gasteiger partial charge in [0.15, 0.2) is 0 Å². The molecule has 0 aliphatic heterocycles. The van der Waals surface area contributed by atoms with E-state index in [1.165, 1.54) is 135 Å². The number of nitrogens with one attached hydrogen (secondary N) is 3. The number of carbonyl (C=O) groups excluding carboxylic acids is 2. The largest absolute Gasteiger partial charge is 0.387 e. The van der Waals surface area contributed by atoms with Crippen LogP contribution in [-0.4, -0.2) is 84.3 Å². The first kappa shape index (κ1) is 53.8. The van der Waals surface area contributed by atoms with Crippen molar-refractivity contribution in [2.24, 2.45) is 5.92 Å². The van der Waals surface area contributed by atoms with E-state index in [9.17, 15) is 9.59 Å². The molecule has 0 heterocycles. The number of hydrogen-bond donors (Lipinski definition) is 3. The lowest BCUT2D eigenvalue weighted by atomic mass is 9.99. The van der Waals surface area contributed by atoms with E-state index in [1.807, 2.05) is 12.2 Å². The number of ether oxygens (including phenoxy) is 4. The minimum Gasteiger partial charge on any atom is -0.387 e. The molecule has 0 rings (SSSR count). The number of carbonyl (C=O) groups is 2. The highest BCUT2D eigenvalue weighted by atomic mass is 16.5. The van der Waals surface area contributed by atoms with Crippen molar-refractivity contribution in [3.05, 3.63) is 37.6 Å². The molecule has 0 aromatic heterocycles. The molecule has 1 atom stereocenters. The first-order chi connectivity index (χ1) is 27.5. The Morgan fingerprint density at radius 1 is 0.464 bits per heavy atom. The van der Waals surface area contributed by atoms with Crippen LogP contribution in [0.2, 0.25) is 0 Å². The minimum absolute atomic E-state index is 0.0232. The van der Waals surface area contributed by atoms with E-state index in [1.54, 1.807) is 0 Å². The summed E-state index contributed by atoms with van der Waals surface area (Å²) in [4.78, 5) is 24.0. The van der Waals surface area contributed by atoms with E-state index in [0.717, 1.165) is 43.8 Å². The number of unbranched alkanes of at least 4 members (excludes halogenated alkanes) is 20. The van der Waals surface area contributed by atoms with Crippen LogP contribution >= 0.6 is 0 Å². The van der Waals surface area contributed by atoms with Crippen LogP contribution in [0.5, 0.6) is 0 Å². The van der Waals surface area contributed by atoms with Crippen molar-refractivity contribution in [1.29, 1.82) is 0 Å². The van der Waals surface area contributed by atoms with Gasteiger partial charge >= 0.3 is 0 Å². The zero-order chi connectivity index (χ0) is 40.8. The van der Waals surface area contributed by atoms with Gasteiger partial charge in [0.05, 0.1) is 46.2 Å². The maximum absolute atomic E-state index is 12.1. The van der Waals surface area contributed by atoms with Gasteiger partial charge in [0.1, 0.15) is 6.61 Å². The Balaban J connectivity index is 3.31. The smallest absolute Gasteiger partial charge is 0.246 e. The average Bonchev–Trinajstić information content (AvgIpc) is 3.19. The summed E-state index contributed by atoms with van der Waals surface area (Å²) in [6.45, 7) is 18.6. The van der Waals surface area contributed by atoms with Gasteiger partial charge in [-0.05, 0) is 44.4 Å². The summed E-state index contributed by atoms with van der Waals surface area (Å²) in [7, 11) is 0. The van der Waals surface area contributed by atoms with E-state index >= 15 is 0 Å². The van der Waals surface area contributed by atoms with Crippen molar-refractivity contribution in [2.75, 3.05) is 72.5 Å². The zero-order valence-corrected chi connectivity index (χ0v) is 36.5. The summed E-state index contributed by atoms with van der Waals surface area (Å²) in [6, 6.07) is 0. The lowest BCUT2D eigenvalue weighted by Crippen LogP contribution is -2.31. The summed E-state index contributed by atoms with van der Waals surface area (Å²) >= 11 is 0. The Kier molecular flexibility index (Phi) is 43.7. The molecule has 0 unspecified atom stereocenters. The second-order valence-corrected chi connectivity index (χ2v) is 15.6. The maximum Gasteiger partial charge on any atom is 0.246 e. The first-order valence-corrected chi connectivity index (χ1v) is 23.0. The molecule has 0 saturated carbocycles. The second-order valence-electron chi connectivity index (χ2n) is 15.6. The highest BCUT2D eigenvalue weighted by Gasteiger charge is 2.04. The van der Waals surface area contributed by atoms with Crippen LogP contribution < -0.4 is 16.0 Å². The van der Waals surface area contributed by atoms with E-state index in [0.29, 0.717) is 65.8 Å². The predicted molar refractivity (Wildman–Crippen MR) is 236 cm³/mol. The minimum atomic E-state index is -0.190. The number of amides is 2. The molecule has 9 heteroatoms. The normalized spacial score (nSPS) is 11.7. The van der Waals surface area contributed by atoms with Gasteiger partial charge in [-0.15, -0.1) is 13.2 Å². The summed E-state index contributed by atoms with van der Waals surface area (Å²) in [5, 5.41) is 9.02. The Hall–Kier alpha value is -2.20. The molecular weight excluding hydrogens is 703 g/mol. The van der Waals surface area contributed by atoms with Crippen molar-refractivity contribution in [1.82, 2.24) is 16.0 Å². The third-order valence-electron chi connectivity index (χ3n) is 10.1. The van der Waals surface area contributed by atoms with Crippen LogP contribution in [0.4, 0.5) is 0 Å². The van der Waals surface area contributed by atoms with Gasteiger partial charge in [-0.3, -0.25) is 9.59 Å². The van der Waals surface area contributed by atoms with Gasteiger partial charge in [0.25, 0.3) is 0 Å². The molecule has 0 fully saturated rings. The molecule has 0 aliphatic carbocycles. The highest BCUT2D eigenvalue weighted by Crippen LogP contribution is 2.16. The quantitative estimate of drug-likeness (QED) is 0.0416. The van der Waals surface area contributed by atoms with Crippen LogP contribution in [0.15, 0.2) is 37.6 Å². The summed E-state index contributed by atoms with van der Waals surface area (Å²) in [5.74, 6) is 0.652. The van der Waals surface area contributed by atoms with Crippen LogP contribution in [0.3, 0.4) is 0 Å². The lowest BCUT2D eigenvalue weighted by molar-refractivity contribution is -0.126. The Morgan fingerprint density at radius 2 is 0.911 bits per heavy atom. The second kappa shape index (κ2) is 45.5. The fourth-order valence-corrected chi connectivity index (χ4v) is 6.52. The molecule has 328 valence electrons. The fraction of sp³-hybridized carbons (Fsp3) is 0.830. The van der Waals surface area contributed by atoms with Crippen LogP contribution in [0.1, 0.15) is 174 Å². The Morgan fingerprint density at radius 3 is 1.43 bits per heavy atom. The standard InChI is InChI=1S/C47H89N3O6/c1-5-7-9-10-11-12-13-14-15-16-17-18-19-20-21-22-23-24-25-26-27-32-46(51)49-34-36-53-39-41-56-43-47(52)50-35-37-54-38-40-55-42-45(4)48-33-29-28-31-44(3)30-8-6-2/h5-6,44,48H,1-2,4,7-43H2,3H3,(H,49,51)(H,50,52)/t44-/m1/s1. The molecule has 9 nitrogen and oxygen atoms in total. The molecule has 2 amide bonds. The summed E-state index contributed by atoms with van der Waals surface area (Å²) in [5.41, 5.74) is 0.884. The monoisotopic (exact) mass is 792 g/mol. The number of rotatable bonds is 47. The van der Waals surface area contributed by atoms with Crippen molar-refractivity contribution < 1.29 is 28.5 Å². The SMILES string of the molecule is C=CCCCCCCCCCCCCCCCCCCCCCC(=O)NCCOCCOCC(=O)NCCOCCOCC(=C)NCCCC[C@H](C)CCC=C. The van der Waals surface area contributed by atoms with E-state index in [-0.39, 0.29) is 18.4 Å². The molecule has 0 aliphatic rings. The molecule has 0 bridgehead atoms. The molecule has 3 N–H and O–H groups in total. The van der Waals surface area contributed by atoms with Crippen LogP contribution in [0, 0.1) is 5.92 Å². The van der Waals surface area contributed by atoms with Crippen LogP contribution in [-0.2, 0) is 28.5 Å². The molecule has 56 heavy (non-hydrogen) atoms. The summed E-state index contributed by atoms with van der Waals surface area (Å²) in [6.07, 6.45) is 37.2. The number of hydrogen-bond acceptors (Lipinski definition) is 7. The Labute approximate surface area is 345 Å². The zero-order valence-electron chi connectivity index (χ0n) is 36.5. The third kappa shape index (κ3) is 44.5. The van der Waals surface area contributed by atoms with Gasteiger partial charge in [0, 0.05) is 31.8 Å². The summed E-state index contributed by atoms with van der Waals surface area (Å²) < 4.78 is 22.0. The topological polar surface area (TPSA) is 107 Å². The average molecular weight is 792 g/mol. The van der Waals surface area contributed by atoms with E-state index < -0.39 is 0 Å². The van der Waals surface area contributed by atoms with Crippen molar-refractivity contribution >= 4 is 11.8 Å². The Bertz CT molecular complexity index is 901. The molecule has 0 aromatic carbocycles. The molecule has 0 saturated heterocycles. The fourth-order valence-electron chi connectivity index (χ4n) is 6.52. The molecule has 0 spiro atoms. The van der Waals surface area contributed by atoms with E-state index in [4.69, 9.17) is 18.9 Å².